The second kappa shape index (κ2) is 6.55. The summed E-state index contributed by atoms with van der Waals surface area (Å²) >= 11 is 5.93. The van der Waals surface area contributed by atoms with Crippen LogP contribution in [-0.2, 0) is 13.2 Å². The number of hydrogen-bond acceptors (Lipinski definition) is 2. The molecule has 0 aliphatic heterocycles. The predicted octanol–water partition coefficient (Wildman–Crippen LogP) is 3.78. The van der Waals surface area contributed by atoms with Crippen LogP contribution < -0.4 is 10.1 Å². The van der Waals surface area contributed by atoms with E-state index in [-0.39, 0.29) is 5.82 Å². The van der Waals surface area contributed by atoms with Crippen molar-refractivity contribution in [2.75, 3.05) is 7.05 Å². The fourth-order valence-electron chi connectivity index (χ4n) is 1.71. The minimum absolute atomic E-state index is 0.324. The molecule has 0 heterocycles. The highest BCUT2D eigenvalue weighted by atomic mass is 35.5. The van der Waals surface area contributed by atoms with Crippen LogP contribution in [0.3, 0.4) is 0 Å². The number of ether oxygens (including phenoxy) is 1. The number of hydrogen-bond donors (Lipinski definition) is 1. The van der Waals surface area contributed by atoms with E-state index in [0.717, 1.165) is 17.9 Å². The zero-order valence-electron chi connectivity index (χ0n) is 10.6. The number of nitrogens with one attached hydrogen (secondary N) is 1. The van der Waals surface area contributed by atoms with Gasteiger partial charge in [0.25, 0.3) is 0 Å². The molecule has 4 heteroatoms. The third-order valence-electron chi connectivity index (χ3n) is 2.71. The van der Waals surface area contributed by atoms with E-state index in [4.69, 9.17) is 16.3 Å². The lowest BCUT2D eigenvalue weighted by Gasteiger charge is -2.08. The highest BCUT2D eigenvalue weighted by Gasteiger charge is 2.03. The van der Waals surface area contributed by atoms with Gasteiger partial charge in [0.2, 0.25) is 0 Å². The van der Waals surface area contributed by atoms with Crippen LogP contribution in [0.2, 0.25) is 5.02 Å². The Labute approximate surface area is 117 Å². The van der Waals surface area contributed by atoms with Gasteiger partial charge in [-0.2, -0.15) is 0 Å². The smallest absolute Gasteiger partial charge is 0.124 e. The van der Waals surface area contributed by atoms with Gasteiger partial charge < -0.3 is 10.1 Å². The molecule has 0 radical (unpaired) electrons. The Balaban J connectivity index is 1.98. The van der Waals surface area contributed by atoms with Gasteiger partial charge in [-0.3, -0.25) is 0 Å². The summed E-state index contributed by atoms with van der Waals surface area (Å²) in [5.74, 6) is 0.422. The predicted molar refractivity (Wildman–Crippen MR) is 74.9 cm³/mol. The van der Waals surface area contributed by atoms with Crippen molar-refractivity contribution in [3.63, 3.8) is 0 Å². The molecule has 1 N–H and O–H groups in total. The van der Waals surface area contributed by atoms with Crippen LogP contribution in [0, 0.1) is 5.82 Å². The van der Waals surface area contributed by atoms with Gasteiger partial charge in [0.1, 0.15) is 18.2 Å². The van der Waals surface area contributed by atoms with Crippen LogP contribution in [0.4, 0.5) is 4.39 Å². The molecule has 0 bridgehead atoms. The van der Waals surface area contributed by atoms with Gasteiger partial charge in [-0.05, 0) is 36.9 Å². The normalized spacial score (nSPS) is 10.5. The summed E-state index contributed by atoms with van der Waals surface area (Å²) in [6.45, 7) is 1.15. The van der Waals surface area contributed by atoms with Crippen molar-refractivity contribution in [2.24, 2.45) is 0 Å². The van der Waals surface area contributed by atoms with Crippen molar-refractivity contribution in [2.45, 2.75) is 13.2 Å². The van der Waals surface area contributed by atoms with E-state index in [1.54, 1.807) is 6.07 Å². The Morgan fingerprint density at radius 3 is 2.53 bits per heavy atom. The van der Waals surface area contributed by atoms with E-state index in [1.165, 1.54) is 17.7 Å². The van der Waals surface area contributed by atoms with E-state index in [2.05, 4.69) is 5.32 Å². The second-order valence-corrected chi connectivity index (χ2v) is 4.61. The molecule has 0 saturated heterocycles. The zero-order valence-corrected chi connectivity index (χ0v) is 11.4. The van der Waals surface area contributed by atoms with E-state index >= 15 is 0 Å². The molecule has 0 atom stereocenters. The Morgan fingerprint density at radius 1 is 1.16 bits per heavy atom. The van der Waals surface area contributed by atoms with Crippen molar-refractivity contribution in [1.82, 2.24) is 5.32 Å². The highest BCUT2D eigenvalue weighted by molar-refractivity contribution is 6.31. The van der Waals surface area contributed by atoms with Crippen LogP contribution in [0.25, 0.3) is 0 Å². The maximum atomic E-state index is 12.9. The fraction of sp³-hybridized carbons (Fsp3) is 0.200. The molecule has 0 aliphatic carbocycles. The lowest BCUT2D eigenvalue weighted by molar-refractivity contribution is 0.306. The highest BCUT2D eigenvalue weighted by Crippen LogP contribution is 2.20. The van der Waals surface area contributed by atoms with Crippen LogP contribution in [0.5, 0.6) is 5.75 Å². The average Bonchev–Trinajstić information content (AvgIpc) is 2.40. The molecular weight excluding hydrogens is 265 g/mol. The summed E-state index contributed by atoms with van der Waals surface area (Å²) in [5, 5.41) is 3.46. The monoisotopic (exact) mass is 279 g/mol. The Hall–Kier alpha value is -1.58. The maximum Gasteiger partial charge on any atom is 0.124 e. The molecule has 2 aromatic carbocycles. The Morgan fingerprint density at radius 2 is 1.89 bits per heavy atom. The molecule has 0 saturated carbocycles. The zero-order chi connectivity index (χ0) is 13.7. The number of halogens is 2. The lowest BCUT2D eigenvalue weighted by Crippen LogP contribution is -2.04. The van der Waals surface area contributed by atoms with E-state index in [0.29, 0.717) is 11.6 Å². The topological polar surface area (TPSA) is 21.3 Å². The van der Waals surface area contributed by atoms with Crippen LogP contribution in [-0.4, -0.2) is 7.05 Å². The molecule has 0 spiro atoms. The molecule has 0 unspecified atom stereocenters. The molecule has 2 rings (SSSR count). The van der Waals surface area contributed by atoms with Crippen molar-refractivity contribution in [1.29, 1.82) is 0 Å². The molecular formula is C15H15ClFNO. The first-order valence-corrected chi connectivity index (χ1v) is 6.37. The van der Waals surface area contributed by atoms with Crippen molar-refractivity contribution in [3.8, 4) is 5.75 Å². The van der Waals surface area contributed by atoms with E-state index in [1.807, 2.05) is 31.3 Å². The Bertz CT molecular complexity index is 542. The van der Waals surface area contributed by atoms with Gasteiger partial charge in [0.15, 0.2) is 0 Å². The second-order valence-electron chi connectivity index (χ2n) is 4.20. The molecule has 2 nitrogen and oxygen atoms in total. The van der Waals surface area contributed by atoms with E-state index in [9.17, 15) is 4.39 Å². The van der Waals surface area contributed by atoms with E-state index < -0.39 is 0 Å². The standard InChI is InChI=1S/C15H15ClFNO/c1-18-9-11-2-6-14(7-3-11)19-10-12-4-5-13(17)8-15(12)16/h2-8,18H,9-10H2,1H3. The van der Waals surface area contributed by atoms with Gasteiger partial charge in [-0.25, -0.2) is 4.39 Å². The summed E-state index contributed by atoms with van der Waals surface area (Å²) < 4.78 is 18.5. The first-order valence-electron chi connectivity index (χ1n) is 5.99. The maximum absolute atomic E-state index is 12.9. The van der Waals surface area contributed by atoms with Gasteiger partial charge in [0.05, 0.1) is 5.02 Å². The average molecular weight is 280 g/mol. The molecule has 0 aromatic heterocycles. The van der Waals surface area contributed by atoms with Gasteiger partial charge in [-0.1, -0.05) is 29.8 Å². The molecule has 19 heavy (non-hydrogen) atoms. The Kier molecular flexibility index (Phi) is 4.77. The van der Waals surface area contributed by atoms with Crippen molar-refractivity contribution >= 4 is 11.6 Å². The summed E-state index contributed by atoms with van der Waals surface area (Å²) in [5.41, 5.74) is 1.96. The number of benzene rings is 2. The SMILES string of the molecule is CNCc1ccc(OCc2ccc(F)cc2Cl)cc1. The summed E-state index contributed by atoms with van der Waals surface area (Å²) in [7, 11) is 1.90. The summed E-state index contributed by atoms with van der Waals surface area (Å²) in [4.78, 5) is 0. The largest absolute Gasteiger partial charge is 0.489 e. The molecule has 0 fully saturated rings. The quantitative estimate of drug-likeness (QED) is 0.899. The van der Waals surface area contributed by atoms with Gasteiger partial charge in [0, 0.05) is 12.1 Å². The fourth-order valence-corrected chi connectivity index (χ4v) is 1.93. The number of rotatable bonds is 5. The third kappa shape index (κ3) is 3.94. The van der Waals surface area contributed by atoms with Crippen LogP contribution >= 0.6 is 11.6 Å². The molecule has 0 amide bonds. The summed E-state index contributed by atoms with van der Waals surface area (Å²) in [6, 6.07) is 12.1. The van der Waals surface area contributed by atoms with Crippen LogP contribution in [0.1, 0.15) is 11.1 Å². The summed E-state index contributed by atoms with van der Waals surface area (Å²) in [6.07, 6.45) is 0. The lowest BCUT2D eigenvalue weighted by atomic mass is 10.2. The third-order valence-corrected chi connectivity index (χ3v) is 3.07. The van der Waals surface area contributed by atoms with Crippen molar-refractivity contribution < 1.29 is 9.13 Å². The van der Waals surface area contributed by atoms with Gasteiger partial charge in [-0.15, -0.1) is 0 Å². The first kappa shape index (κ1) is 13.8. The van der Waals surface area contributed by atoms with Crippen LogP contribution in [0.15, 0.2) is 42.5 Å². The molecule has 100 valence electrons. The molecule has 0 aliphatic rings. The minimum atomic E-state index is -0.342. The minimum Gasteiger partial charge on any atom is -0.489 e. The van der Waals surface area contributed by atoms with Crippen molar-refractivity contribution in [3.05, 3.63) is 64.4 Å². The van der Waals surface area contributed by atoms with Gasteiger partial charge >= 0.3 is 0 Å². The molecule has 2 aromatic rings. The first-order chi connectivity index (χ1) is 9.19.